The fraction of sp³-hybridized carbons (Fsp3) is 0.278. The minimum absolute atomic E-state index is 0.0118. The standard InChI is InChI=1S/C18H15F3N4O2/c19-13-5-3-12(4-6-13)9-24-11-22-23-16(24)14-8-18(20,21)10-25(14)17(26)15-2-1-7-27-15/h1-7,11,14H,8-10H2/t14-/m0/s1. The molecule has 9 heteroatoms. The first-order valence-electron chi connectivity index (χ1n) is 8.27. The highest BCUT2D eigenvalue weighted by Crippen LogP contribution is 2.41. The maximum Gasteiger partial charge on any atom is 0.290 e. The predicted molar refractivity (Wildman–Crippen MR) is 87.6 cm³/mol. The topological polar surface area (TPSA) is 64.2 Å². The lowest BCUT2D eigenvalue weighted by Gasteiger charge is -2.22. The van der Waals surface area contributed by atoms with Crippen molar-refractivity contribution in [1.29, 1.82) is 0 Å². The number of alkyl halides is 2. The zero-order chi connectivity index (χ0) is 19.0. The summed E-state index contributed by atoms with van der Waals surface area (Å²) in [7, 11) is 0. The molecule has 3 aromatic rings. The lowest BCUT2D eigenvalue weighted by molar-refractivity contribution is 0.0114. The maximum absolute atomic E-state index is 14.1. The fourth-order valence-electron chi connectivity index (χ4n) is 3.23. The summed E-state index contributed by atoms with van der Waals surface area (Å²) in [6, 6.07) is 7.82. The van der Waals surface area contributed by atoms with Crippen molar-refractivity contribution in [3.8, 4) is 0 Å². The van der Waals surface area contributed by atoms with Gasteiger partial charge in [0.15, 0.2) is 11.6 Å². The molecule has 0 N–H and O–H groups in total. The first-order chi connectivity index (χ1) is 12.9. The number of likely N-dealkylation sites (tertiary alicyclic amines) is 1. The third kappa shape index (κ3) is 3.44. The molecule has 0 bridgehead atoms. The van der Waals surface area contributed by atoms with Crippen molar-refractivity contribution in [3.63, 3.8) is 0 Å². The van der Waals surface area contributed by atoms with Crippen LogP contribution in [0, 0.1) is 5.82 Å². The van der Waals surface area contributed by atoms with Gasteiger partial charge in [0.05, 0.1) is 25.4 Å². The molecule has 3 heterocycles. The van der Waals surface area contributed by atoms with Crippen LogP contribution in [-0.2, 0) is 6.54 Å². The Kier molecular flexibility index (Phi) is 4.21. The summed E-state index contributed by atoms with van der Waals surface area (Å²) in [4.78, 5) is 13.7. The third-order valence-electron chi connectivity index (χ3n) is 4.47. The summed E-state index contributed by atoms with van der Waals surface area (Å²) < 4.78 is 48.0. The summed E-state index contributed by atoms with van der Waals surface area (Å²) in [5, 5.41) is 7.79. The van der Waals surface area contributed by atoms with E-state index in [1.807, 2.05) is 0 Å². The molecule has 1 aliphatic heterocycles. The van der Waals surface area contributed by atoms with Gasteiger partial charge in [-0.15, -0.1) is 10.2 Å². The fourth-order valence-corrected chi connectivity index (χ4v) is 3.23. The summed E-state index contributed by atoms with van der Waals surface area (Å²) >= 11 is 0. The Bertz CT molecular complexity index is 938. The van der Waals surface area contributed by atoms with E-state index in [4.69, 9.17) is 4.42 Å². The Balaban J connectivity index is 1.64. The highest BCUT2D eigenvalue weighted by atomic mass is 19.3. The van der Waals surface area contributed by atoms with Crippen LogP contribution in [0.1, 0.15) is 34.4 Å². The highest BCUT2D eigenvalue weighted by molar-refractivity contribution is 5.92. The molecule has 0 radical (unpaired) electrons. The smallest absolute Gasteiger partial charge is 0.290 e. The van der Waals surface area contributed by atoms with Gasteiger partial charge in [0, 0.05) is 6.42 Å². The van der Waals surface area contributed by atoms with Crippen molar-refractivity contribution < 1.29 is 22.4 Å². The number of rotatable bonds is 4. The Morgan fingerprint density at radius 1 is 1.26 bits per heavy atom. The van der Waals surface area contributed by atoms with E-state index in [1.54, 1.807) is 16.7 Å². The van der Waals surface area contributed by atoms with Crippen LogP contribution in [-0.4, -0.2) is 38.0 Å². The summed E-state index contributed by atoms with van der Waals surface area (Å²) in [5.74, 6) is -3.80. The molecular formula is C18H15F3N4O2. The molecule has 0 unspecified atom stereocenters. The average molecular weight is 376 g/mol. The van der Waals surface area contributed by atoms with Gasteiger partial charge in [0.1, 0.15) is 12.1 Å². The van der Waals surface area contributed by atoms with Gasteiger partial charge in [0.25, 0.3) is 11.8 Å². The van der Waals surface area contributed by atoms with Crippen LogP contribution in [0.25, 0.3) is 0 Å². The van der Waals surface area contributed by atoms with Crippen LogP contribution >= 0.6 is 0 Å². The Labute approximate surface area is 152 Å². The summed E-state index contributed by atoms with van der Waals surface area (Å²) in [6.45, 7) is -0.450. The molecule has 1 aromatic carbocycles. The van der Waals surface area contributed by atoms with Gasteiger partial charge in [-0.3, -0.25) is 4.79 Å². The Hall–Kier alpha value is -3.10. The SMILES string of the molecule is O=C(c1ccco1)N1CC(F)(F)C[C@H]1c1nncn1Cc1ccc(F)cc1. The number of benzene rings is 1. The first kappa shape index (κ1) is 17.3. The number of furan rings is 1. The van der Waals surface area contributed by atoms with Crippen LogP contribution in [0.2, 0.25) is 0 Å². The number of amides is 1. The largest absolute Gasteiger partial charge is 0.459 e. The lowest BCUT2D eigenvalue weighted by Crippen LogP contribution is -2.33. The van der Waals surface area contributed by atoms with E-state index in [0.717, 1.165) is 10.5 Å². The van der Waals surface area contributed by atoms with E-state index in [-0.39, 0.29) is 23.9 Å². The zero-order valence-corrected chi connectivity index (χ0v) is 14.1. The van der Waals surface area contributed by atoms with Crippen molar-refractivity contribution in [3.05, 3.63) is 72.0 Å². The molecule has 2 aromatic heterocycles. The first-order valence-corrected chi connectivity index (χ1v) is 8.27. The second kappa shape index (κ2) is 6.57. The second-order valence-electron chi connectivity index (χ2n) is 6.43. The monoisotopic (exact) mass is 376 g/mol. The number of hydrogen-bond acceptors (Lipinski definition) is 4. The van der Waals surface area contributed by atoms with Crippen LogP contribution in [0.5, 0.6) is 0 Å². The van der Waals surface area contributed by atoms with Gasteiger partial charge in [-0.25, -0.2) is 13.2 Å². The van der Waals surface area contributed by atoms with Crippen molar-refractivity contribution in [2.45, 2.75) is 24.9 Å². The number of hydrogen-bond donors (Lipinski definition) is 0. The summed E-state index contributed by atoms with van der Waals surface area (Å²) in [6.07, 6.45) is 2.17. The molecule has 1 amide bonds. The van der Waals surface area contributed by atoms with Crippen LogP contribution < -0.4 is 0 Å². The molecular weight excluding hydrogens is 361 g/mol. The van der Waals surface area contributed by atoms with Gasteiger partial charge in [-0.2, -0.15) is 0 Å². The van der Waals surface area contributed by atoms with Crippen LogP contribution in [0.4, 0.5) is 13.2 Å². The number of nitrogens with zero attached hydrogens (tertiary/aromatic N) is 4. The third-order valence-corrected chi connectivity index (χ3v) is 4.47. The van der Waals surface area contributed by atoms with Crippen molar-refractivity contribution in [2.24, 2.45) is 0 Å². The van der Waals surface area contributed by atoms with E-state index in [9.17, 15) is 18.0 Å². The minimum Gasteiger partial charge on any atom is -0.459 e. The molecule has 6 nitrogen and oxygen atoms in total. The van der Waals surface area contributed by atoms with E-state index >= 15 is 0 Å². The van der Waals surface area contributed by atoms with Crippen molar-refractivity contribution in [2.75, 3.05) is 6.54 Å². The Morgan fingerprint density at radius 2 is 2.04 bits per heavy atom. The molecule has 27 heavy (non-hydrogen) atoms. The number of carbonyl (C=O) groups is 1. The number of carbonyl (C=O) groups excluding carboxylic acids is 1. The molecule has 140 valence electrons. The van der Waals surface area contributed by atoms with Crippen LogP contribution in [0.15, 0.2) is 53.4 Å². The van der Waals surface area contributed by atoms with Gasteiger partial charge >= 0.3 is 0 Å². The molecule has 0 saturated carbocycles. The van der Waals surface area contributed by atoms with Gasteiger partial charge in [0.2, 0.25) is 0 Å². The minimum atomic E-state index is -3.04. The Morgan fingerprint density at radius 3 is 2.74 bits per heavy atom. The maximum atomic E-state index is 14.1. The molecule has 1 fully saturated rings. The van der Waals surface area contributed by atoms with Gasteiger partial charge in [-0.05, 0) is 29.8 Å². The van der Waals surface area contributed by atoms with Crippen molar-refractivity contribution in [1.82, 2.24) is 19.7 Å². The average Bonchev–Trinajstić information content (AvgIpc) is 3.36. The number of aromatic nitrogens is 3. The molecule has 0 spiro atoms. The zero-order valence-electron chi connectivity index (χ0n) is 14.1. The summed E-state index contributed by atoms with van der Waals surface area (Å²) in [5.41, 5.74) is 0.756. The molecule has 1 aliphatic rings. The van der Waals surface area contributed by atoms with Crippen molar-refractivity contribution >= 4 is 5.91 Å². The van der Waals surface area contributed by atoms with E-state index in [0.29, 0.717) is 0 Å². The van der Waals surface area contributed by atoms with Gasteiger partial charge in [-0.1, -0.05) is 12.1 Å². The van der Waals surface area contributed by atoms with Gasteiger partial charge < -0.3 is 13.9 Å². The van der Waals surface area contributed by atoms with E-state index in [1.165, 1.54) is 36.9 Å². The quantitative estimate of drug-likeness (QED) is 0.701. The second-order valence-corrected chi connectivity index (χ2v) is 6.43. The molecule has 1 atom stereocenters. The van der Waals surface area contributed by atoms with E-state index < -0.39 is 30.8 Å². The molecule has 1 saturated heterocycles. The number of halogens is 3. The molecule has 4 rings (SSSR count). The molecule has 0 aliphatic carbocycles. The highest BCUT2D eigenvalue weighted by Gasteiger charge is 2.49. The van der Waals surface area contributed by atoms with E-state index in [2.05, 4.69) is 10.2 Å². The van der Waals surface area contributed by atoms with Crippen LogP contribution in [0.3, 0.4) is 0 Å². The lowest BCUT2D eigenvalue weighted by atomic mass is 10.1. The predicted octanol–water partition coefficient (Wildman–Crippen LogP) is 3.28. The normalized spacial score (nSPS) is 18.8.